The second kappa shape index (κ2) is 6.23. The van der Waals surface area contributed by atoms with Crippen LogP contribution in [0.5, 0.6) is 0 Å². The first kappa shape index (κ1) is 13.4. The Labute approximate surface area is 115 Å². The predicted molar refractivity (Wildman–Crippen MR) is 73.9 cm³/mol. The lowest BCUT2D eigenvalue weighted by Gasteiger charge is -2.38. The van der Waals surface area contributed by atoms with E-state index >= 15 is 0 Å². The van der Waals surface area contributed by atoms with Crippen LogP contribution in [0.2, 0.25) is 0 Å². The molecule has 3 unspecified atom stereocenters. The van der Waals surface area contributed by atoms with Gasteiger partial charge < -0.3 is 15.0 Å². The highest BCUT2D eigenvalue weighted by atomic mass is 16.5. The number of likely N-dealkylation sites (tertiary alicyclic amines) is 1. The minimum Gasteiger partial charge on any atom is -0.381 e. The molecule has 0 aromatic carbocycles. The number of hydrogen-bond acceptors (Lipinski definition) is 3. The topological polar surface area (TPSA) is 41.6 Å². The average Bonchev–Trinajstić information content (AvgIpc) is 3.02. The molecule has 0 saturated carbocycles. The summed E-state index contributed by atoms with van der Waals surface area (Å²) in [7, 11) is 0. The Morgan fingerprint density at radius 1 is 1.16 bits per heavy atom. The normalized spacial score (nSPS) is 36.4. The first-order valence-electron chi connectivity index (χ1n) is 7.94. The van der Waals surface area contributed by atoms with Crippen molar-refractivity contribution in [3.8, 4) is 0 Å². The summed E-state index contributed by atoms with van der Waals surface area (Å²) < 4.78 is 5.46. The summed E-state index contributed by atoms with van der Waals surface area (Å²) in [5, 5.41) is 3.60. The van der Waals surface area contributed by atoms with Crippen LogP contribution in [0.15, 0.2) is 0 Å². The van der Waals surface area contributed by atoms with E-state index in [1.807, 2.05) is 0 Å². The summed E-state index contributed by atoms with van der Waals surface area (Å²) in [5.74, 6) is 1.15. The molecule has 0 bridgehead atoms. The van der Waals surface area contributed by atoms with Crippen LogP contribution in [0.3, 0.4) is 0 Å². The summed E-state index contributed by atoms with van der Waals surface area (Å²) in [6, 6.07) is 0.651. The van der Waals surface area contributed by atoms with Crippen molar-refractivity contribution in [2.75, 3.05) is 32.8 Å². The van der Waals surface area contributed by atoms with Gasteiger partial charge in [0.05, 0.1) is 12.5 Å². The van der Waals surface area contributed by atoms with Gasteiger partial charge in [0.1, 0.15) is 0 Å². The highest BCUT2D eigenvalue weighted by Crippen LogP contribution is 2.26. The molecule has 4 nitrogen and oxygen atoms in total. The molecule has 0 spiro atoms. The molecule has 0 aromatic rings. The van der Waals surface area contributed by atoms with Gasteiger partial charge in [-0.3, -0.25) is 4.79 Å². The number of nitrogens with one attached hydrogen (secondary N) is 1. The van der Waals surface area contributed by atoms with Gasteiger partial charge in [-0.25, -0.2) is 0 Å². The van der Waals surface area contributed by atoms with Gasteiger partial charge in [0.25, 0.3) is 0 Å². The molecule has 3 aliphatic heterocycles. The Balaban J connectivity index is 1.56. The number of carbonyl (C=O) groups excluding carboxylic acids is 1. The quantitative estimate of drug-likeness (QED) is 0.821. The lowest BCUT2D eigenvalue weighted by atomic mass is 9.88. The lowest BCUT2D eigenvalue weighted by Crippen LogP contribution is -2.48. The molecule has 19 heavy (non-hydrogen) atoms. The Morgan fingerprint density at radius 2 is 2.11 bits per heavy atom. The molecule has 108 valence electrons. The van der Waals surface area contributed by atoms with E-state index in [0.29, 0.717) is 24.5 Å². The van der Waals surface area contributed by atoms with E-state index in [1.54, 1.807) is 0 Å². The lowest BCUT2D eigenvalue weighted by molar-refractivity contribution is -0.141. The van der Waals surface area contributed by atoms with Gasteiger partial charge in [0, 0.05) is 25.7 Å². The molecule has 3 saturated heterocycles. The third-order valence-electron chi connectivity index (χ3n) is 4.95. The molecule has 0 aromatic heterocycles. The van der Waals surface area contributed by atoms with E-state index in [1.165, 1.54) is 25.7 Å². The van der Waals surface area contributed by atoms with Gasteiger partial charge in [-0.1, -0.05) is 0 Å². The number of hydrogen-bond donors (Lipinski definition) is 1. The molecule has 4 heteroatoms. The number of ether oxygens (including phenoxy) is 1. The smallest absolute Gasteiger partial charge is 0.228 e. The largest absolute Gasteiger partial charge is 0.381 e. The van der Waals surface area contributed by atoms with Gasteiger partial charge in [0.2, 0.25) is 5.91 Å². The zero-order chi connectivity index (χ0) is 13.1. The number of amides is 1. The molecule has 1 N–H and O–H groups in total. The molecular weight excluding hydrogens is 240 g/mol. The molecule has 3 fully saturated rings. The Bertz CT molecular complexity index is 309. The van der Waals surface area contributed by atoms with E-state index in [4.69, 9.17) is 4.74 Å². The van der Waals surface area contributed by atoms with E-state index in [2.05, 4.69) is 10.2 Å². The Morgan fingerprint density at radius 3 is 2.84 bits per heavy atom. The number of carbonyl (C=O) groups is 1. The molecular formula is C15H26N2O2. The molecule has 3 rings (SSSR count). The van der Waals surface area contributed by atoms with Crippen LogP contribution in [-0.4, -0.2) is 49.7 Å². The van der Waals surface area contributed by atoms with Crippen LogP contribution >= 0.6 is 0 Å². The Kier molecular flexibility index (Phi) is 4.38. The van der Waals surface area contributed by atoms with Crippen LogP contribution in [0.1, 0.15) is 38.5 Å². The summed E-state index contributed by atoms with van der Waals surface area (Å²) in [5.41, 5.74) is 0. The van der Waals surface area contributed by atoms with Crippen molar-refractivity contribution in [1.29, 1.82) is 0 Å². The molecule has 1 amide bonds. The van der Waals surface area contributed by atoms with E-state index in [0.717, 1.165) is 39.1 Å². The van der Waals surface area contributed by atoms with Crippen LogP contribution in [0.4, 0.5) is 0 Å². The first-order valence-corrected chi connectivity index (χ1v) is 7.94. The van der Waals surface area contributed by atoms with Crippen molar-refractivity contribution in [3.63, 3.8) is 0 Å². The maximum absolute atomic E-state index is 12.5. The van der Waals surface area contributed by atoms with Crippen LogP contribution in [0.25, 0.3) is 0 Å². The van der Waals surface area contributed by atoms with Crippen LogP contribution in [-0.2, 0) is 9.53 Å². The molecule has 3 atom stereocenters. The molecule has 3 heterocycles. The highest BCUT2D eigenvalue weighted by Gasteiger charge is 2.33. The summed E-state index contributed by atoms with van der Waals surface area (Å²) in [6.45, 7) is 4.55. The first-order chi connectivity index (χ1) is 9.34. The fraction of sp³-hybridized carbons (Fsp3) is 0.933. The predicted octanol–water partition coefficient (Wildman–Crippen LogP) is 1.40. The fourth-order valence-corrected chi connectivity index (χ4v) is 3.85. The van der Waals surface area contributed by atoms with Crippen molar-refractivity contribution >= 4 is 5.91 Å². The molecule has 0 aliphatic carbocycles. The maximum Gasteiger partial charge on any atom is 0.228 e. The maximum atomic E-state index is 12.5. The SMILES string of the molecule is O=C(C1CCCOC1)N1CCCC(C2CCCN2)C1. The van der Waals surface area contributed by atoms with Gasteiger partial charge >= 0.3 is 0 Å². The number of nitrogens with zero attached hydrogens (tertiary/aromatic N) is 1. The minimum atomic E-state index is 0.129. The second-order valence-electron chi connectivity index (χ2n) is 6.30. The monoisotopic (exact) mass is 266 g/mol. The summed E-state index contributed by atoms with van der Waals surface area (Å²) in [4.78, 5) is 14.7. The van der Waals surface area contributed by atoms with Gasteiger partial charge in [0.15, 0.2) is 0 Å². The van der Waals surface area contributed by atoms with Crippen molar-refractivity contribution in [3.05, 3.63) is 0 Å². The second-order valence-corrected chi connectivity index (χ2v) is 6.30. The van der Waals surface area contributed by atoms with Gasteiger partial charge in [-0.05, 0) is 51.0 Å². The van der Waals surface area contributed by atoms with E-state index in [9.17, 15) is 4.79 Å². The average molecular weight is 266 g/mol. The third-order valence-corrected chi connectivity index (χ3v) is 4.95. The summed E-state index contributed by atoms with van der Waals surface area (Å²) in [6.07, 6.45) is 7.09. The molecule has 3 aliphatic rings. The standard InChI is InChI=1S/C15H26N2O2/c18-15(13-5-3-9-19-11-13)17-8-2-4-12(10-17)14-6-1-7-16-14/h12-14,16H,1-11H2. The summed E-state index contributed by atoms with van der Waals surface area (Å²) >= 11 is 0. The fourth-order valence-electron chi connectivity index (χ4n) is 3.85. The third kappa shape index (κ3) is 3.11. The Hall–Kier alpha value is -0.610. The van der Waals surface area contributed by atoms with Crippen molar-refractivity contribution in [2.45, 2.75) is 44.6 Å². The zero-order valence-corrected chi connectivity index (χ0v) is 11.8. The van der Waals surface area contributed by atoms with E-state index < -0.39 is 0 Å². The molecule has 0 radical (unpaired) electrons. The zero-order valence-electron chi connectivity index (χ0n) is 11.8. The van der Waals surface area contributed by atoms with Gasteiger partial charge in [-0.15, -0.1) is 0 Å². The van der Waals surface area contributed by atoms with Crippen molar-refractivity contribution in [1.82, 2.24) is 10.2 Å². The van der Waals surface area contributed by atoms with Crippen LogP contribution < -0.4 is 5.32 Å². The van der Waals surface area contributed by atoms with Crippen molar-refractivity contribution < 1.29 is 9.53 Å². The number of rotatable bonds is 2. The highest BCUT2D eigenvalue weighted by molar-refractivity contribution is 5.79. The number of piperidine rings is 1. The van der Waals surface area contributed by atoms with Gasteiger partial charge in [-0.2, -0.15) is 0 Å². The minimum absolute atomic E-state index is 0.129. The van der Waals surface area contributed by atoms with E-state index in [-0.39, 0.29) is 5.92 Å². The van der Waals surface area contributed by atoms with Crippen molar-refractivity contribution in [2.24, 2.45) is 11.8 Å². The van der Waals surface area contributed by atoms with Crippen LogP contribution in [0, 0.1) is 11.8 Å².